The summed E-state index contributed by atoms with van der Waals surface area (Å²) in [6, 6.07) is 0. The van der Waals surface area contributed by atoms with Crippen molar-refractivity contribution in [3.63, 3.8) is 0 Å². The van der Waals surface area contributed by atoms with Crippen molar-refractivity contribution in [2.75, 3.05) is 25.9 Å². The van der Waals surface area contributed by atoms with Gasteiger partial charge in [0.1, 0.15) is 5.78 Å². The van der Waals surface area contributed by atoms with Crippen LogP contribution in [0.4, 0.5) is 0 Å². The molecule has 1 saturated heterocycles. The molecule has 0 spiro atoms. The van der Waals surface area contributed by atoms with Crippen molar-refractivity contribution in [1.29, 1.82) is 0 Å². The smallest absolute Gasteiger partial charge is 0.149 e. The summed E-state index contributed by atoms with van der Waals surface area (Å²) < 4.78 is 0. The first-order chi connectivity index (χ1) is 6.63. The topological polar surface area (TPSA) is 20.3 Å². The van der Waals surface area contributed by atoms with Gasteiger partial charge in [-0.2, -0.15) is 11.8 Å². The number of likely N-dealkylation sites (tertiary alicyclic amines) is 1. The Labute approximate surface area is 91.4 Å². The minimum atomic E-state index is 0.188. The van der Waals surface area contributed by atoms with Gasteiger partial charge in [-0.1, -0.05) is 13.8 Å². The molecule has 82 valence electrons. The van der Waals surface area contributed by atoms with Crippen molar-refractivity contribution in [3.8, 4) is 0 Å². The summed E-state index contributed by atoms with van der Waals surface area (Å²) in [5.74, 6) is 0.570. The second kappa shape index (κ2) is 5.76. The van der Waals surface area contributed by atoms with Crippen LogP contribution in [0.2, 0.25) is 0 Å². The van der Waals surface area contributed by atoms with E-state index in [2.05, 4.69) is 11.2 Å². The zero-order valence-corrected chi connectivity index (χ0v) is 10.3. The molecule has 0 atom stereocenters. The lowest BCUT2D eigenvalue weighted by Gasteiger charge is -2.30. The van der Waals surface area contributed by atoms with Crippen LogP contribution in [0.5, 0.6) is 0 Å². The van der Waals surface area contributed by atoms with Crippen LogP contribution in [0.25, 0.3) is 0 Å². The monoisotopic (exact) mass is 215 g/mol. The second-order valence-corrected chi connectivity index (χ2v) is 5.47. The molecule has 0 saturated carbocycles. The third kappa shape index (κ3) is 3.62. The van der Waals surface area contributed by atoms with E-state index in [9.17, 15) is 4.79 Å². The zero-order valence-electron chi connectivity index (χ0n) is 9.45. The summed E-state index contributed by atoms with van der Waals surface area (Å²) in [6.07, 6.45) is 4.67. The van der Waals surface area contributed by atoms with E-state index in [4.69, 9.17) is 0 Å². The molecule has 1 aliphatic rings. The van der Waals surface area contributed by atoms with Crippen molar-refractivity contribution in [2.24, 2.45) is 5.92 Å². The maximum Gasteiger partial charge on any atom is 0.149 e. The highest BCUT2D eigenvalue weighted by molar-refractivity contribution is 7.99. The lowest BCUT2D eigenvalue weighted by Crippen LogP contribution is -2.39. The van der Waals surface area contributed by atoms with E-state index in [-0.39, 0.29) is 5.92 Å². The first kappa shape index (κ1) is 12.1. The lowest BCUT2D eigenvalue weighted by molar-refractivity contribution is -0.123. The van der Waals surface area contributed by atoms with E-state index >= 15 is 0 Å². The highest BCUT2D eigenvalue weighted by Crippen LogP contribution is 2.20. The van der Waals surface area contributed by atoms with E-state index in [0.29, 0.717) is 12.3 Å². The summed E-state index contributed by atoms with van der Waals surface area (Å²) >= 11 is 1.96. The first-order valence-corrected chi connectivity index (χ1v) is 6.70. The van der Waals surface area contributed by atoms with E-state index in [1.165, 1.54) is 12.8 Å². The number of nitrogens with zero attached hydrogens (tertiary/aromatic N) is 1. The maximum absolute atomic E-state index is 11.5. The van der Waals surface area contributed by atoms with Crippen LogP contribution < -0.4 is 0 Å². The van der Waals surface area contributed by atoms with E-state index in [1.807, 2.05) is 25.6 Å². The predicted molar refractivity (Wildman–Crippen MR) is 62.8 cm³/mol. The Morgan fingerprint density at radius 2 is 2.00 bits per heavy atom. The molecule has 1 aliphatic heterocycles. The van der Waals surface area contributed by atoms with Crippen LogP contribution in [-0.2, 0) is 4.79 Å². The quantitative estimate of drug-likeness (QED) is 0.716. The summed E-state index contributed by atoms with van der Waals surface area (Å²) in [6.45, 7) is 6.83. The highest BCUT2D eigenvalue weighted by atomic mass is 32.2. The first-order valence-electron chi connectivity index (χ1n) is 5.41. The summed E-state index contributed by atoms with van der Waals surface area (Å²) in [5.41, 5.74) is 0. The molecule has 0 aromatic heterocycles. The molecule has 0 aromatic carbocycles. The molecule has 0 amide bonds. The third-order valence-electron chi connectivity index (χ3n) is 2.89. The molecule has 0 aliphatic carbocycles. The zero-order chi connectivity index (χ0) is 10.6. The maximum atomic E-state index is 11.5. The fourth-order valence-electron chi connectivity index (χ4n) is 1.71. The van der Waals surface area contributed by atoms with Gasteiger partial charge in [0.05, 0.1) is 6.54 Å². The van der Waals surface area contributed by atoms with Crippen molar-refractivity contribution in [2.45, 2.75) is 31.9 Å². The number of carbonyl (C=O) groups is 1. The highest BCUT2D eigenvalue weighted by Gasteiger charge is 2.20. The third-order valence-corrected chi connectivity index (χ3v) is 4.03. The van der Waals surface area contributed by atoms with Crippen LogP contribution in [0.15, 0.2) is 0 Å². The molecule has 3 heteroatoms. The summed E-state index contributed by atoms with van der Waals surface area (Å²) in [5, 5.41) is 0.820. The number of rotatable bonds is 4. The fourth-order valence-corrected chi connectivity index (χ4v) is 2.39. The van der Waals surface area contributed by atoms with E-state index < -0.39 is 0 Å². The number of hydrogen-bond donors (Lipinski definition) is 0. The Kier molecular flexibility index (Phi) is 4.96. The number of piperidine rings is 1. The molecule has 2 nitrogen and oxygen atoms in total. The summed E-state index contributed by atoms with van der Waals surface area (Å²) in [4.78, 5) is 13.8. The molecule has 0 aromatic rings. The Hall–Kier alpha value is -0.0200. The Morgan fingerprint density at radius 3 is 2.43 bits per heavy atom. The van der Waals surface area contributed by atoms with Gasteiger partial charge in [-0.05, 0) is 32.2 Å². The Balaban J connectivity index is 2.25. The van der Waals surface area contributed by atoms with E-state index in [1.54, 1.807) is 0 Å². The molecule has 0 unspecified atom stereocenters. The fraction of sp³-hybridized carbons (Fsp3) is 0.909. The molecular weight excluding hydrogens is 194 g/mol. The number of thioether (sulfide) groups is 1. The minimum Gasteiger partial charge on any atom is -0.298 e. The molecular formula is C11H21NOS. The molecule has 0 radical (unpaired) electrons. The van der Waals surface area contributed by atoms with Crippen LogP contribution in [0.1, 0.15) is 26.7 Å². The predicted octanol–water partition coefficient (Wildman–Crippen LogP) is 2.04. The van der Waals surface area contributed by atoms with Gasteiger partial charge < -0.3 is 0 Å². The van der Waals surface area contributed by atoms with Gasteiger partial charge in [-0.25, -0.2) is 0 Å². The van der Waals surface area contributed by atoms with Gasteiger partial charge in [0.2, 0.25) is 0 Å². The van der Waals surface area contributed by atoms with Gasteiger partial charge in [-0.15, -0.1) is 0 Å². The average molecular weight is 215 g/mol. The second-order valence-electron chi connectivity index (χ2n) is 4.33. The van der Waals surface area contributed by atoms with E-state index in [0.717, 1.165) is 18.3 Å². The van der Waals surface area contributed by atoms with Crippen LogP contribution in [0, 0.1) is 5.92 Å². The van der Waals surface area contributed by atoms with Crippen molar-refractivity contribution >= 4 is 17.5 Å². The molecule has 1 fully saturated rings. The Bertz CT molecular complexity index is 186. The number of ketones is 1. The van der Waals surface area contributed by atoms with Gasteiger partial charge in [-0.3, -0.25) is 9.69 Å². The Morgan fingerprint density at radius 1 is 1.43 bits per heavy atom. The summed E-state index contributed by atoms with van der Waals surface area (Å²) in [7, 11) is 0. The standard InChI is InChI=1S/C11H21NOS/c1-9(2)11(13)8-12-6-4-10(14-3)5-7-12/h9-10H,4-8H2,1-3H3. The average Bonchev–Trinajstić information content (AvgIpc) is 2.19. The van der Waals surface area contributed by atoms with Gasteiger partial charge >= 0.3 is 0 Å². The van der Waals surface area contributed by atoms with Gasteiger partial charge in [0.15, 0.2) is 0 Å². The SMILES string of the molecule is CSC1CCN(CC(=O)C(C)C)CC1. The number of carbonyl (C=O) groups excluding carboxylic acids is 1. The molecule has 0 N–H and O–H groups in total. The van der Waals surface area contributed by atoms with Crippen LogP contribution >= 0.6 is 11.8 Å². The van der Waals surface area contributed by atoms with Crippen molar-refractivity contribution in [1.82, 2.24) is 4.90 Å². The van der Waals surface area contributed by atoms with Crippen LogP contribution in [-0.4, -0.2) is 41.8 Å². The van der Waals surface area contributed by atoms with Gasteiger partial charge in [0, 0.05) is 11.2 Å². The number of Topliss-reactive ketones (excluding diaryl/α,β-unsaturated/α-hetero) is 1. The normalized spacial score (nSPS) is 20.3. The molecule has 0 bridgehead atoms. The lowest BCUT2D eigenvalue weighted by atomic mass is 10.1. The van der Waals surface area contributed by atoms with Gasteiger partial charge in [0.25, 0.3) is 0 Å². The largest absolute Gasteiger partial charge is 0.298 e. The number of hydrogen-bond acceptors (Lipinski definition) is 3. The molecule has 14 heavy (non-hydrogen) atoms. The molecule has 1 rings (SSSR count). The van der Waals surface area contributed by atoms with Crippen molar-refractivity contribution < 1.29 is 4.79 Å². The van der Waals surface area contributed by atoms with Crippen LogP contribution in [0.3, 0.4) is 0 Å². The minimum absolute atomic E-state index is 0.188. The molecule has 1 heterocycles. The van der Waals surface area contributed by atoms with Crippen molar-refractivity contribution in [3.05, 3.63) is 0 Å².